The van der Waals surface area contributed by atoms with Gasteiger partial charge < -0.3 is 52.9 Å². The van der Waals surface area contributed by atoms with Crippen LogP contribution < -0.4 is 0 Å². The first-order chi connectivity index (χ1) is 22.9. The van der Waals surface area contributed by atoms with E-state index in [1.165, 1.54) is 0 Å². The van der Waals surface area contributed by atoms with Crippen LogP contribution in [-0.4, -0.2) is 126 Å². The molecule has 4 rings (SSSR count). The lowest BCUT2D eigenvalue weighted by Gasteiger charge is -2.37. The topological polar surface area (TPSA) is 223 Å². The van der Waals surface area contributed by atoms with Crippen LogP contribution in [0.15, 0.2) is 0 Å². The zero-order valence-corrected chi connectivity index (χ0v) is 35.8. The smallest absolute Gasteiger partial charge is 0.390 e. The van der Waals surface area contributed by atoms with E-state index in [1.807, 2.05) is 20.8 Å². The first-order valence-corrected chi connectivity index (χ1v) is 21.9. The number of aliphatic hydroxyl groups is 4. The van der Waals surface area contributed by atoms with Gasteiger partial charge in [0, 0.05) is 53.4 Å². The van der Waals surface area contributed by atoms with E-state index in [0.717, 1.165) is 31.5 Å². The summed E-state index contributed by atoms with van der Waals surface area (Å²) in [6, 6.07) is 0. The van der Waals surface area contributed by atoms with Crippen molar-refractivity contribution in [1.82, 2.24) is 0 Å². The third-order valence-corrected chi connectivity index (χ3v) is 9.99. The van der Waals surface area contributed by atoms with Gasteiger partial charge in [0.2, 0.25) is 9.05 Å². The Morgan fingerprint density at radius 2 is 1.14 bits per heavy atom. The number of rotatable bonds is 5. The molecule has 7 unspecified atom stereocenters. The quantitative estimate of drug-likeness (QED) is 0.177. The Hall–Kier alpha value is 1.000. The highest BCUT2D eigenvalue weighted by atomic mass is 35.7. The molecule has 0 radical (unpaired) electrons. The highest BCUT2D eigenvalue weighted by molar-refractivity contribution is 8.13. The number of ether oxygens (including phenoxy) is 4. The lowest BCUT2D eigenvalue weighted by atomic mass is 9.89. The van der Waals surface area contributed by atoms with E-state index in [9.17, 15) is 21.9 Å². The molecule has 4 fully saturated rings. The summed E-state index contributed by atoms with van der Waals surface area (Å²) >= 11 is 0. The van der Waals surface area contributed by atoms with Crippen LogP contribution in [0.1, 0.15) is 57.2 Å². The summed E-state index contributed by atoms with van der Waals surface area (Å²) in [7, 11) is 4.25. The predicted octanol–water partition coefficient (Wildman–Crippen LogP) is 2.35. The van der Waals surface area contributed by atoms with Crippen LogP contribution in [0, 0.1) is 35.5 Å². The Kier molecular flexibility index (Phi) is 25.7. The minimum atomic E-state index is -3.49. The van der Waals surface area contributed by atoms with E-state index in [-0.39, 0.29) is 39.9 Å². The fraction of sp³-hybridized carbons (Fsp3) is 1.00. The highest BCUT2D eigenvalue weighted by Crippen LogP contribution is 2.31. The molecule has 4 aliphatic rings. The second-order valence-electron chi connectivity index (χ2n) is 13.0. The summed E-state index contributed by atoms with van der Waals surface area (Å²) in [4.78, 5) is 0. The van der Waals surface area contributed by atoms with Crippen molar-refractivity contribution in [2.24, 2.45) is 35.5 Å². The van der Waals surface area contributed by atoms with Crippen LogP contribution in [0.3, 0.4) is 0 Å². The van der Waals surface area contributed by atoms with Crippen molar-refractivity contribution in [3.8, 4) is 0 Å². The summed E-state index contributed by atoms with van der Waals surface area (Å²) < 4.78 is 81.3. The van der Waals surface area contributed by atoms with Gasteiger partial charge in [-0.2, -0.15) is 8.42 Å². The van der Waals surface area contributed by atoms with Crippen molar-refractivity contribution in [2.75, 3.05) is 38.9 Å². The fourth-order valence-corrected chi connectivity index (χ4v) is 5.92. The maximum atomic E-state index is 11.1. The summed E-state index contributed by atoms with van der Waals surface area (Å²) in [5, 5.41) is 35.9. The molecule has 0 aromatic rings. The van der Waals surface area contributed by atoms with Crippen LogP contribution in [-0.2, 0) is 55.9 Å². The lowest BCUT2D eigenvalue weighted by Crippen LogP contribution is -2.46. The Morgan fingerprint density at radius 1 is 0.660 bits per heavy atom. The largest absolute Gasteiger partial charge is 1.00 e. The molecule has 22 heteroatoms. The lowest BCUT2D eigenvalue weighted by molar-refractivity contribution is -0.200. The van der Waals surface area contributed by atoms with E-state index in [0.29, 0.717) is 25.0 Å². The van der Waals surface area contributed by atoms with Gasteiger partial charge in [0.05, 0.1) is 45.0 Å². The molecule has 0 aromatic heterocycles. The van der Waals surface area contributed by atoms with E-state index < -0.39 is 62.5 Å². The third kappa shape index (κ3) is 21.8. The monoisotopic (exact) mass is 847 g/mol. The molecule has 304 valence electrons. The normalized spacial score (nSPS) is 39.0. The summed E-state index contributed by atoms with van der Waals surface area (Å²) in [6.07, 6.45) is -1.71. The third-order valence-electron chi connectivity index (χ3n) is 8.58. The minimum Gasteiger partial charge on any atom is -0.390 e. The van der Waals surface area contributed by atoms with Crippen LogP contribution in [0.5, 0.6) is 0 Å². The molecule has 17 atom stereocenters. The van der Waals surface area contributed by atoms with Gasteiger partial charge in [0.15, 0.2) is 25.2 Å². The molecule has 0 saturated carbocycles. The van der Waals surface area contributed by atoms with Gasteiger partial charge in [-0.25, -0.2) is 8.42 Å². The Labute approximate surface area is 312 Å². The summed E-state index contributed by atoms with van der Waals surface area (Å²) in [5.74, 6) is 2.36. The molecule has 0 spiro atoms. The Bertz CT molecular complexity index is 1130. The van der Waals surface area contributed by atoms with Crippen molar-refractivity contribution in [3.63, 3.8) is 0 Å². The zero-order valence-electron chi connectivity index (χ0n) is 30.9. The maximum Gasteiger partial charge on any atom is 1.00 e. The van der Waals surface area contributed by atoms with Gasteiger partial charge in [-0.15, -0.1) is 0 Å². The number of hydrogen-bond acceptors (Lipinski definition) is 16. The van der Waals surface area contributed by atoms with Crippen molar-refractivity contribution in [1.29, 1.82) is 0 Å². The summed E-state index contributed by atoms with van der Waals surface area (Å²) in [6.45, 7) is 14.5. The second kappa shape index (κ2) is 25.2. The SMILES string of the molecule is CS(=O)(=O)Cl.C[C@@H]1CC(OP)OC[C@@H]1C.C[C@H]1[C@@H](C)COC(OP)[C@@H]1O.C[C@H]1[C@@H](C)COC(OP)[C@@H]1OS(C)(=O)=O.OC1C[C@@H](O)[C@@H](O)CO1.[H+].[HH]. The first-order valence-electron chi connectivity index (χ1n) is 16.0. The van der Waals surface area contributed by atoms with Gasteiger partial charge in [0.25, 0.3) is 10.1 Å². The van der Waals surface area contributed by atoms with Crippen LogP contribution in [0.2, 0.25) is 0 Å². The maximum absolute atomic E-state index is 11.1. The molecular formula is C28H63ClO16P3S2+. The Morgan fingerprint density at radius 3 is 1.56 bits per heavy atom. The van der Waals surface area contributed by atoms with Crippen molar-refractivity contribution in [3.05, 3.63) is 0 Å². The molecule has 16 nitrogen and oxygen atoms in total. The summed E-state index contributed by atoms with van der Waals surface area (Å²) in [5.41, 5.74) is 0. The molecule has 0 aliphatic carbocycles. The van der Waals surface area contributed by atoms with Gasteiger partial charge in [0.1, 0.15) is 18.3 Å². The zero-order chi connectivity index (χ0) is 39.0. The van der Waals surface area contributed by atoms with E-state index in [4.69, 9.17) is 47.3 Å². The molecule has 4 heterocycles. The molecule has 4 aliphatic heterocycles. The molecule has 50 heavy (non-hydrogen) atoms. The Balaban J connectivity index is -0.000000591. The number of halogens is 1. The fourth-order valence-electron chi connectivity index (χ4n) is 4.59. The average molecular weight is 848 g/mol. The van der Waals surface area contributed by atoms with E-state index >= 15 is 0 Å². The molecule has 4 saturated heterocycles. The molecular weight excluding hydrogens is 785 g/mol. The highest BCUT2D eigenvalue weighted by Gasteiger charge is 2.39. The van der Waals surface area contributed by atoms with Crippen LogP contribution in [0.25, 0.3) is 0 Å². The van der Waals surface area contributed by atoms with Gasteiger partial charge >= 0.3 is 1.43 Å². The van der Waals surface area contributed by atoms with Gasteiger partial charge in [-0.05, 0) is 35.5 Å². The van der Waals surface area contributed by atoms with Crippen LogP contribution >= 0.6 is 39.1 Å². The van der Waals surface area contributed by atoms with Crippen molar-refractivity contribution < 1.29 is 76.8 Å². The van der Waals surface area contributed by atoms with Gasteiger partial charge in [-0.3, -0.25) is 4.18 Å². The van der Waals surface area contributed by atoms with Crippen molar-refractivity contribution in [2.45, 2.75) is 104 Å². The minimum absolute atomic E-state index is 0. The number of aliphatic hydroxyl groups excluding tert-OH is 4. The van der Waals surface area contributed by atoms with Crippen molar-refractivity contribution >= 4 is 58.3 Å². The van der Waals surface area contributed by atoms with E-state index in [1.54, 1.807) is 0 Å². The standard InChI is InChI=1S/C8H17O5PS.C7H15O3P.C7H15O2P.C5H10O4.CH3ClO2S.H2/c1-5-4-11-8(12-14)7(6(5)2)13-15(3,9)10;1-4-3-9-7(10-11)6(8)5(4)2;1-5-3-7(9-10)8-4-6(5)2;6-3-1-5(8)9-2-4(3)7;1-5(2,3)4;/h5-8H,4,14H2,1-3H3;4-8H,3,11H2,1-2H3;5-7H,3-4,10H2,1-2H3;3-8H,1-2H2;1H3;1H/p+1/t5-,6-,7+,8?;4-,5-,6+,7?;5-,6+,7?;3-,4+,5?;;/m0011../s1. The number of hydrogen-bond donors (Lipinski definition) is 4. The molecule has 0 amide bonds. The molecule has 0 aromatic carbocycles. The second-order valence-corrected chi connectivity index (χ2v) is 18.5. The predicted molar refractivity (Wildman–Crippen MR) is 199 cm³/mol. The van der Waals surface area contributed by atoms with E-state index in [2.05, 4.69) is 64.6 Å². The average Bonchev–Trinajstić information content (AvgIpc) is 3.01. The molecule has 0 bridgehead atoms. The first kappa shape index (κ1) is 51.0. The van der Waals surface area contributed by atoms with Crippen LogP contribution in [0.4, 0.5) is 0 Å². The van der Waals surface area contributed by atoms with Gasteiger partial charge in [-0.1, -0.05) is 41.5 Å². The molecule has 4 N–H and O–H groups in total.